The van der Waals surface area contributed by atoms with Crippen LogP contribution in [0, 0.1) is 11.3 Å². The Bertz CT molecular complexity index is 295. The van der Waals surface area contributed by atoms with Gasteiger partial charge < -0.3 is 10.6 Å². The lowest BCUT2D eigenvalue weighted by Crippen LogP contribution is -2.49. The molecule has 0 radical (unpaired) electrons. The van der Waals surface area contributed by atoms with Crippen molar-refractivity contribution in [3.63, 3.8) is 0 Å². The average molecular weight is 252 g/mol. The zero-order valence-corrected chi connectivity index (χ0v) is 12.0. The van der Waals surface area contributed by atoms with Gasteiger partial charge in [0.2, 0.25) is 5.91 Å². The summed E-state index contributed by atoms with van der Waals surface area (Å²) in [4.78, 5) is 15.0. The highest BCUT2D eigenvalue weighted by Crippen LogP contribution is 2.38. The summed E-state index contributed by atoms with van der Waals surface area (Å²) in [5.41, 5.74) is 5.77. The molecule has 2 aliphatic rings. The summed E-state index contributed by atoms with van der Waals surface area (Å²) < 4.78 is 0. The molecule has 1 heterocycles. The molecule has 2 fully saturated rings. The average Bonchev–Trinajstić information content (AvgIpc) is 2.57. The van der Waals surface area contributed by atoms with Gasteiger partial charge in [-0.1, -0.05) is 32.6 Å². The lowest BCUT2D eigenvalue weighted by molar-refractivity contribution is -0.143. The van der Waals surface area contributed by atoms with E-state index in [1.54, 1.807) is 0 Å². The Labute approximate surface area is 111 Å². The lowest BCUT2D eigenvalue weighted by atomic mass is 9.79. The van der Waals surface area contributed by atoms with Gasteiger partial charge in [-0.15, -0.1) is 0 Å². The predicted molar refractivity (Wildman–Crippen MR) is 74.1 cm³/mol. The third-order valence-electron chi connectivity index (χ3n) is 4.95. The monoisotopic (exact) mass is 252 g/mol. The molecule has 1 saturated carbocycles. The number of nitrogens with zero attached hydrogens (tertiary/aromatic N) is 1. The summed E-state index contributed by atoms with van der Waals surface area (Å²) >= 11 is 0. The number of likely N-dealkylation sites (tertiary alicyclic amines) is 1. The maximum atomic E-state index is 12.9. The molecule has 2 unspecified atom stereocenters. The fourth-order valence-electron chi connectivity index (χ4n) is 3.80. The highest BCUT2D eigenvalue weighted by Gasteiger charge is 2.43. The second kappa shape index (κ2) is 5.60. The van der Waals surface area contributed by atoms with Crippen LogP contribution in [0.25, 0.3) is 0 Å². The summed E-state index contributed by atoms with van der Waals surface area (Å²) in [6, 6.07) is 0.402. The Morgan fingerprint density at radius 1 is 1.22 bits per heavy atom. The summed E-state index contributed by atoms with van der Waals surface area (Å²) in [7, 11) is 0. The van der Waals surface area contributed by atoms with Gasteiger partial charge >= 0.3 is 0 Å². The van der Waals surface area contributed by atoms with Crippen LogP contribution in [-0.2, 0) is 4.79 Å². The summed E-state index contributed by atoms with van der Waals surface area (Å²) in [6.45, 7) is 5.89. The van der Waals surface area contributed by atoms with Gasteiger partial charge in [0, 0.05) is 19.1 Å². The van der Waals surface area contributed by atoms with E-state index in [4.69, 9.17) is 5.73 Å². The molecule has 0 aromatic rings. The smallest absolute Gasteiger partial charge is 0.230 e. The fraction of sp³-hybridized carbons (Fsp3) is 0.933. The molecular weight excluding hydrogens is 224 g/mol. The van der Waals surface area contributed by atoms with Crippen molar-refractivity contribution in [2.75, 3.05) is 13.1 Å². The van der Waals surface area contributed by atoms with Crippen molar-refractivity contribution < 1.29 is 4.79 Å². The first kappa shape index (κ1) is 13.9. The van der Waals surface area contributed by atoms with E-state index in [-0.39, 0.29) is 5.41 Å². The molecule has 0 aromatic carbocycles. The molecule has 1 amide bonds. The molecule has 3 heteroatoms. The van der Waals surface area contributed by atoms with Crippen molar-refractivity contribution in [3.8, 4) is 0 Å². The summed E-state index contributed by atoms with van der Waals surface area (Å²) in [5.74, 6) is 0.994. The minimum atomic E-state index is -0.241. The van der Waals surface area contributed by atoms with Gasteiger partial charge in [-0.3, -0.25) is 4.79 Å². The molecule has 104 valence electrons. The van der Waals surface area contributed by atoms with Gasteiger partial charge in [0.05, 0.1) is 5.41 Å². The molecule has 18 heavy (non-hydrogen) atoms. The third-order valence-corrected chi connectivity index (χ3v) is 4.95. The topological polar surface area (TPSA) is 46.3 Å². The van der Waals surface area contributed by atoms with Gasteiger partial charge in [-0.05, 0) is 32.1 Å². The van der Waals surface area contributed by atoms with Crippen molar-refractivity contribution in [2.24, 2.45) is 17.1 Å². The number of hydrogen-bond donors (Lipinski definition) is 1. The van der Waals surface area contributed by atoms with E-state index in [9.17, 15) is 4.79 Å². The number of carbonyl (C=O) groups excluding carboxylic acids is 1. The first-order valence-electron chi connectivity index (χ1n) is 7.60. The minimum absolute atomic E-state index is 0.241. The standard InChI is InChI=1S/C15H28N2O/c1-12-9-13(2)17(10-12)14(18)15(11-16)7-5-3-4-6-8-15/h12-13H,3-11,16H2,1-2H3. The highest BCUT2D eigenvalue weighted by molar-refractivity contribution is 5.83. The van der Waals surface area contributed by atoms with Gasteiger partial charge in [0.15, 0.2) is 0 Å². The van der Waals surface area contributed by atoms with Crippen LogP contribution < -0.4 is 5.73 Å². The summed E-state index contributed by atoms with van der Waals surface area (Å²) in [6.07, 6.45) is 8.01. The predicted octanol–water partition coefficient (Wildman–Crippen LogP) is 2.54. The quantitative estimate of drug-likeness (QED) is 0.768. The zero-order valence-electron chi connectivity index (χ0n) is 12.0. The van der Waals surface area contributed by atoms with Gasteiger partial charge in [0.25, 0.3) is 0 Å². The molecule has 3 nitrogen and oxygen atoms in total. The van der Waals surface area contributed by atoms with Crippen LogP contribution in [0.4, 0.5) is 0 Å². The van der Waals surface area contributed by atoms with Crippen LogP contribution in [0.3, 0.4) is 0 Å². The number of nitrogens with two attached hydrogens (primary N) is 1. The maximum absolute atomic E-state index is 12.9. The Hall–Kier alpha value is -0.570. The van der Waals surface area contributed by atoms with Crippen molar-refractivity contribution in [1.29, 1.82) is 0 Å². The molecule has 0 bridgehead atoms. The van der Waals surface area contributed by atoms with E-state index in [2.05, 4.69) is 18.7 Å². The number of carbonyl (C=O) groups is 1. The molecule has 1 aliphatic heterocycles. The van der Waals surface area contributed by atoms with Crippen LogP contribution in [0.5, 0.6) is 0 Å². The van der Waals surface area contributed by atoms with E-state index >= 15 is 0 Å². The van der Waals surface area contributed by atoms with Crippen LogP contribution in [0.15, 0.2) is 0 Å². The molecule has 2 rings (SSSR count). The second-order valence-electron chi connectivity index (χ2n) is 6.55. The normalized spacial score (nSPS) is 32.3. The lowest BCUT2D eigenvalue weighted by Gasteiger charge is -2.36. The maximum Gasteiger partial charge on any atom is 0.230 e. The summed E-state index contributed by atoms with van der Waals surface area (Å²) in [5, 5.41) is 0. The molecule has 0 spiro atoms. The van der Waals surface area contributed by atoms with Crippen molar-refractivity contribution in [3.05, 3.63) is 0 Å². The second-order valence-corrected chi connectivity index (χ2v) is 6.55. The van der Waals surface area contributed by atoms with Crippen LogP contribution in [0.1, 0.15) is 58.8 Å². The number of rotatable bonds is 2. The zero-order chi connectivity index (χ0) is 13.2. The highest BCUT2D eigenvalue weighted by atomic mass is 16.2. The third kappa shape index (κ3) is 2.56. The number of hydrogen-bond acceptors (Lipinski definition) is 2. The molecule has 1 saturated heterocycles. The largest absolute Gasteiger partial charge is 0.339 e. The number of amides is 1. The first-order valence-corrected chi connectivity index (χ1v) is 7.60. The Kier molecular flexibility index (Phi) is 4.31. The first-order chi connectivity index (χ1) is 8.59. The van der Waals surface area contributed by atoms with E-state index in [1.807, 2.05) is 0 Å². The van der Waals surface area contributed by atoms with Gasteiger partial charge in [0.1, 0.15) is 0 Å². The van der Waals surface area contributed by atoms with Gasteiger partial charge in [-0.2, -0.15) is 0 Å². The molecule has 0 aromatic heterocycles. The molecule has 2 N–H and O–H groups in total. The van der Waals surface area contributed by atoms with E-state index in [0.29, 0.717) is 24.4 Å². The van der Waals surface area contributed by atoms with E-state index < -0.39 is 0 Å². The van der Waals surface area contributed by atoms with Crippen molar-refractivity contribution >= 4 is 5.91 Å². The molecular formula is C15H28N2O. The fourth-order valence-corrected chi connectivity index (χ4v) is 3.80. The Balaban J connectivity index is 2.13. The van der Waals surface area contributed by atoms with Crippen molar-refractivity contribution in [2.45, 2.75) is 64.8 Å². The minimum Gasteiger partial charge on any atom is -0.339 e. The molecule has 2 atom stereocenters. The SMILES string of the molecule is CC1CC(C)N(C(=O)C2(CN)CCCCCC2)C1. The van der Waals surface area contributed by atoms with E-state index in [0.717, 1.165) is 25.8 Å². The van der Waals surface area contributed by atoms with Crippen LogP contribution in [-0.4, -0.2) is 29.9 Å². The van der Waals surface area contributed by atoms with Crippen molar-refractivity contribution in [1.82, 2.24) is 4.90 Å². The van der Waals surface area contributed by atoms with Gasteiger partial charge in [-0.25, -0.2) is 0 Å². The van der Waals surface area contributed by atoms with Crippen LogP contribution >= 0.6 is 0 Å². The Morgan fingerprint density at radius 3 is 2.28 bits per heavy atom. The van der Waals surface area contributed by atoms with E-state index in [1.165, 1.54) is 25.7 Å². The Morgan fingerprint density at radius 2 is 1.83 bits per heavy atom. The van der Waals surface area contributed by atoms with Crippen LogP contribution in [0.2, 0.25) is 0 Å². The molecule has 1 aliphatic carbocycles.